The van der Waals surface area contributed by atoms with Crippen molar-refractivity contribution < 1.29 is 5.11 Å². The van der Waals surface area contributed by atoms with E-state index in [9.17, 15) is 5.11 Å². The highest BCUT2D eigenvalue weighted by Crippen LogP contribution is 2.29. The van der Waals surface area contributed by atoms with Crippen LogP contribution in [-0.2, 0) is 0 Å². The fourth-order valence-corrected chi connectivity index (χ4v) is 2.42. The average Bonchev–Trinajstić information content (AvgIpc) is 2.70. The summed E-state index contributed by atoms with van der Waals surface area (Å²) in [5.74, 6) is 0. The van der Waals surface area contributed by atoms with Gasteiger partial charge in [0.25, 0.3) is 0 Å². The Kier molecular flexibility index (Phi) is 4.17. The summed E-state index contributed by atoms with van der Waals surface area (Å²) in [6.45, 7) is 0.173. The van der Waals surface area contributed by atoms with Crippen molar-refractivity contribution in [2.24, 2.45) is 0 Å². The maximum absolute atomic E-state index is 9.43. The van der Waals surface area contributed by atoms with Crippen LogP contribution in [-0.4, -0.2) is 11.7 Å². The van der Waals surface area contributed by atoms with E-state index in [-0.39, 0.29) is 6.61 Å². The van der Waals surface area contributed by atoms with E-state index in [1.165, 1.54) is 30.4 Å². The van der Waals surface area contributed by atoms with Crippen LogP contribution in [0.3, 0.4) is 0 Å². The Balaban J connectivity index is 2.28. The molecule has 1 N–H and O–H groups in total. The molecule has 0 saturated carbocycles. The molecule has 86 valence electrons. The normalized spacial score (nSPS) is 21.7. The SMILES string of the molecule is OCC1=C(C2=CC=CCCC2)CCCC=C1. The van der Waals surface area contributed by atoms with Crippen molar-refractivity contribution in [3.05, 3.63) is 47.1 Å². The van der Waals surface area contributed by atoms with Crippen molar-refractivity contribution in [1.82, 2.24) is 0 Å². The molecule has 0 heterocycles. The Labute approximate surface area is 97.9 Å². The molecule has 0 aromatic carbocycles. The van der Waals surface area contributed by atoms with Crippen LogP contribution in [0.15, 0.2) is 47.1 Å². The van der Waals surface area contributed by atoms with E-state index >= 15 is 0 Å². The summed E-state index contributed by atoms with van der Waals surface area (Å²) < 4.78 is 0. The summed E-state index contributed by atoms with van der Waals surface area (Å²) in [7, 11) is 0. The summed E-state index contributed by atoms with van der Waals surface area (Å²) in [6.07, 6.45) is 17.9. The van der Waals surface area contributed by atoms with Gasteiger partial charge in [-0.2, -0.15) is 0 Å². The predicted octanol–water partition coefficient (Wildman–Crippen LogP) is 3.68. The van der Waals surface area contributed by atoms with Gasteiger partial charge in [0.05, 0.1) is 6.61 Å². The molecule has 0 atom stereocenters. The molecule has 2 aliphatic carbocycles. The van der Waals surface area contributed by atoms with E-state index in [2.05, 4.69) is 30.4 Å². The number of hydrogen-bond donors (Lipinski definition) is 1. The first-order valence-corrected chi connectivity index (χ1v) is 6.27. The molecule has 0 aliphatic heterocycles. The third kappa shape index (κ3) is 2.73. The van der Waals surface area contributed by atoms with E-state index in [0.29, 0.717) is 0 Å². The van der Waals surface area contributed by atoms with Crippen molar-refractivity contribution in [1.29, 1.82) is 0 Å². The van der Waals surface area contributed by atoms with Gasteiger partial charge in [0.1, 0.15) is 0 Å². The van der Waals surface area contributed by atoms with E-state index in [0.717, 1.165) is 24.8 Å². The van der Waals surface area contributed by atoms with Crippen molar-refractivity contribution in [2.45, 2.75) is 38.5 Å². The van der Waals surface area contributed by atoms with E-state index in [1.54, 1.807) is 0 Å². The molecule has 0 bridgehead atoms. The van der Waals surface area contributed by atoms with E-state index < -0.39 is 0 Å². The summed E-state index contributed by atoms with van der Waals surface area (Å²) in [4.78, 5) is 0. The minimum absolute atomic E-state index is 0.173. The van der Waals surface area contributed by atoms with Gasteiger partial charge in [-0.25, -0.2) is 0 Å². The third-order valence-corrected chi connectivity index (χ3v) is 3.31. The molecule has 0 aromatic heterocycles. The Hall–Kier alpha value is -1.08. The summed E-state index contributed by atoms with van der Waals surface area (Å²) in [5.41, 5.74) is 3.95. The number of rotatable bonds is 2. The summed E-state index contributed by atoms with van der Waals surface area (Å²) in [5, 5.41) is 9.43. The van der Waals surface area contributed by atoms with Crippen LogP contribution >= 0.6 is 0 Å². The Bertz CT molecular complexity index is 356. The lowest BCUT2D eigenvalue weighted by Gasteiger charge is -2.13. The second-order valence-corrected chi connectivity index (χ2v) is 4.47. The molecular formula is C15H20O. The van der Waals surface area contributed by atoms with Gasteiger partial charge in [0.15, 0.2) is 0 Å². The number of allylic oxidation sites excluding steroid dienone is 6. The van der Waals surface area contributed by atoms with Gasteiger partial charge in [-0.1, -0.05) is 30.4 Å². The number of aliphatic hydroxyl groups excluding tert-OH is 1. The van der Waals surface area contributed by atoms with Crippen LogP contribution in [0.1, 0.15) is 38.5 Å². The first-order valence-electron chi connectivity index (χ1n) is 6.27. The zero-order chi connectivity index (χ0) is 11.2. The minimum atomic E-state index is 0.173. The monoisotopic (exact) mass is 216 g/mol. The number of hydrogen-bond acceptors (Lipinski definition) is 1. The molecule has 0 amide bonds. The molecule has 2 rings (SSSR count). The lowest BCUT2D eigenvalue weighted by Crippen LogP contribution is -1.98. The second kappa shape index (κ2) is 5.86. The van der Waals surface area contributed by atoms with Crippen LogP contribution in [0, 0.1) is 0 Å². The van der Waals surface area contributed by atoms with Crippen LogP contribution in [0.5, 0.6) is 0 Å². The fourth-order valence-electron chi connectivity index (χ4n) is 2.42. The van der Waals surface area contributed by atoms with Gasteiger partial charge < -0.3 is 5.11 Å². The van der Waals surface area contributed by atoms with Crippen molar-refractivity contribution in [2.75, 3.05) is 6.61 Å². The van der Waals surface area contributed by atoms with Crippen molar-refractivity contribution in [3.8, 4) is 0 Å². The molecule has 0 aromatic rings. The van der Waals surface area contributed by atoms with Crippen molar-refractivity contribution in [3.63, 3.8) is 0 Å². The minimum Gasteiger partial charge on any atom is -0.392 e. The third-order valence-electron chi connectivity index (χ3n) is 3.31. The topological polar surface area (TPSA) is 20.2 Å². The maximum Gasteiger partial charge on any atom is 0.0684 e. The smallest absolute Gasteiger partial charge is 0.0684 e. The lowest BCUT2D eigenvalue weighted by molar-refractivity contribution is 0.333. The van der Waals surface area contributed by atoms with E-state index in [4.69, 9.17) is 0 Å². The zero-order valence-corrected chi connectivity index (χ0v) is 9.78. The number of aliphatic hydroxyl groups is 1. The molecule has 0 radical (unpaired) electrons. The Morgan fingerprint density at radius 1 is 1.06 bits per heavy atom. The average molecular weight is 216 g/mol. The van der Waals surface area contributed by atoms with Gasteiger partial charge in [0, 0.05) is 0 Å². The quantitative estimate of drug-likeness (QED) is 0.746. The van der Waals surface area contributed by atoms with Gasteiger partial charge >= 0.3 is 0 Å². The molecule has 16 heavy (non-hydrogen) atoms. The molecule has 0 unspecified atom stereocenters. The van der Waals surface area contributed by atoms with Crippen LogP contribution < -0.4 is 0 Å². The highest BCUT2D eigenvalue weighted by Gasteiger charge is 2.12. The molecule has 0 fully saturated rings. The lowest BCUT2D eigenvalue weighted by atomic mass is 9.93. The van der Waals surface area contributed by atoms with E-state index in [1.807, 2.05) is 0 Å². The molecular weight excluding hydrogens is 196 g/mol. The Morgan fingerprint density at radius 3 is 2.75 bits per heavy atom. The molecule has 2 aliphatic rings. The highest BCUT2D eigenvalue weighted by molar-refractivity contribution is 5.43. The van der Waals surface area contributed by atoms with Crippen LogP contribution in [0.4, 0.5) is 0 Å². The largest absolute Gasteiger partial charge is 0.392 e. The standard InChI is InChI=1S/C15H20O/c16-12-14-10-6-3-7-11-15(14)13-8-4-1-2-5-9-13/h1,4,6,8,10,16H,2-3,5,7,9,11-12H2. The van der Waals surface area contributed by atoms with Gasteiger partial charge in [-0.15, -0.1) is 0 Å². The summed E-state index contributed by atoms with van der Waals surface area (Å²) >= 11 is 0. The fraction of sp³-hybridized carbons (Fsp3) is 0.467. The predicted molar refractivity (Wildman–Crippen MR) is 68.2 cm³/mol. The first-order chi connectivity index (χ1) is 7.92. The molecule has 0 spiro atoms. The molecule has 0 saturated heterocycles. The molecule has 1 nitrogen and oxygen atoms in total. The second-order valence-electron chi connectivity index (χ2n) is 4.47. The first kappa shape index (κ1) is 11.4. The van der Waals surface area contributed by atoms with Gasteiger partial charge in [-0.3, -0.25) is 0 Å². The van der Waals surface area contributed by atoms with Gasteiger partial charge in [0.2, 0.25) is 0 Å². The van der Waals surface area contributed by atoms with Crippen LogP contribution in [0.2, 0.25) is 0 Å². The summed E-state index contributed by atoms with van der Waals surface area (Å²) in [6, 6.07) is 0. The van der Waals surface area contributed by atoms with Crippen LogP contribution in [0.25, 0.3) is 0 Å². The maximum atomic E-state index is 9.43. The van der Waals surface area contributed by atoms with Gasteiger partial charge in [-0.05, 0) is 55.2 Å². The van der Waals surface area contributed by atoms with Crippen molar-refractivity contribution >= 4 is 0 Å². The zero-order valence-electron chi connectivity index (χ0n) is 9.78. The molecule has 1 heteroatoms. The Morgan fingerprint density at radius 2 is 1.88 bits per heavy atom. The highest BCUT2D eigenvalue weighted by atomic mass is 16.3.